The molecule has 0 spiro atoms. The van der Waals surface area contributed by atoms with Crippen molar-refractivity contribution in [1.82, 2.24) is 5.32 Å². The highest BCUT2D eigenvalue weighted by Gasteiger charge is 2.12. The Morgan fingerprint density at radius 1 is 0.833 bits per heavy atom. The fourth-order valence-electron chi connectivity index (χ4n) is 2.38. The summed E-state index contributed by atoms with van der Waals surface area (Å²) in [4.78, 5) is 0. The van der Waals surface area contributed by atoms with Crippen molar-refractivity contribution >= 4 is 0 Å². The summed E-state index contributed by atoms with van der Waals surface area (Å²) in [6.45, 7) is 1.08. The molecule has 0 aliphatic heterocycles. The highest BCUT2D eigenvalue weighted by molar-refractivity contribution is 5.32. The maximum atomic E-state index is 3.23. The predicted molar refractivity (Wildman–Crippen MR) is 77.9 cm³/mol. The third-order valence-corrected chi connectivity index (χ3v) is 3.32. The van der Waals surface area contributed by atoms with Crippen LogP contribution in [0.1, 0.15) is 29.9 Å². The fraction of sp³-hybridized carbons (Fsp3) is 0.294. The first kappa shape index (κ1) is 12.8. The second-order valence-corrected chi connectivity index (χ2v) is 4.62. The lowest BCUT2D eigenvalue weighted by Crippen LogP contribution is -2.10. The number of rotatable bonds is 6. The number of benzene rings is 2. The van der Waals surface area contributed by atoms with Crippen molar-refractivity contribution in [1.29, 1.82) is 0 Å². The standard InChI is InChI=1S/C17H21N/c1-18-14-8-13-17(15-9-4-2-5-10-15)16-11-6-3-7-12-16/h2-7,9-12,17-18H,8,13-14H2,1H3. The third-order valence-electron chi connectivity index (χ3n) is 3.32. The van der Waals surface area contributed by atoms with Crippen LogP contribution in [0.2, 0.25) is 0 Å². The quantitative estimate of drug-likeness (QED) is 0.756. The second-order valence-electron chi connectivity index (χ2n) is 4.62. The van der Waals surface area contributed by atoms with Crippen LogP contribution in [-0.4, -0.2) is 13.6 Å². The van der Waals surface area contributed by atoms with E-state index < -0.39 is 0 Å². The van der Waals surface area contributed by atoms with Crippen LogP contribution in [0.4, 0.5) is 0 Å². The van der Waals surface area contributed by atoms with Crippen molar-refractivity contribution in [2.24, 2.45) is 0 Å². The molecule has 0 saturated heterocycles. The Morgan fingerprint density at radius 2 is 1.33 bits per heavy atom. The van der Waals surface area contributed by atoms with E-state index in [-0.39, 0.29) is 0 Å². The first-order chi connectivity index (χ1) is 8.92. The van der Waals surface area contributed by atoms with Crippen LogP contribution < -0.4 is 5.32 Å². The third kappa shape index (κ3) is 3.44. The molecular formula is C17H21N. The molecule has 2 aromatic carbocycles. The number of hydrogen-bond donors (Lipinski definition) is 1. The summed E-state index contributed by atoms with van der Waals surface area (Å²) in [5, 5.41) is 3.23. The van der Waals surface area contributed by atoms with Crippen molar-refractivity contribution in [2.75, 3.05) is 13.6 Å². The van der Waals surface area contributed by atoms with Gasteiger partial charge in [0, 0.05) is 5.92 Å². The van der Waals surface area contributed by atoms with Crippen molar-refractivity contribution in [3.05, 3.63) is 71.8 Å². The topological polar surface area (TPSA) is 12.0 Å². The Hall–Kier alpha value is -1.60. The Labute approximate surface area is 110 Å². The molecular weight excluding hydrogens is 218 g/mol. The molecule has 1 nitrogen and oxygen atoms in total. The molecule has 1 heteroatoms. The van der Waals surface area contributed by atoms with Crippen LogP contribution in [0.15, 0.2) is 60.7 Å². The maximum Gasteiger partial charge on any atom is 0.00898 e. The second kappa shape index (κ2) is 6.97. The van der Waals surface area contributed by atoms with E-state index in [4.69, 9.17) is 0 Å². The lowest BCUT2D eigenvalue weighted by Gasteiger charge is -2.18. The molecule has 0 aliphatic carbocycles. The zero-order chi connectivity index (χ0) is 12.6. The Balaban J connectivity index is 2.18. The van der Waals surface area contributed by atoms with Gasteiger partial charge in [0.1, 0.15) is 0 Å². The van der Waals surface area contributed by atoms with Gasteiger partial charge in [-0.25, -0.2) is 0 Å². The van der Waals surface area contributed by atoms with E-state index in [1.807, 2.05) is 7.05 Å². The minimum absolute atomic E-state index is 0.515. The molecule has 0 aromatic heterocycles. The van der Waals surface area contributed by atoms with E-state index in [1.54, 1.807) is 0 Å². The molecule has 0 bridgehead atoms. The smallest absolute Gasteiger partial charge is 0.00898 e. The Morgan fingerprint density at radius 3 is 1.78 bits per heavy atom. The minimum Gasteiger partial charge on any atom is -0.320 e. The van der Waals surface area contributed by atoms with Crippen LogP contribution >= 0.6 is 0 Å². The average Bonchev–Trinajstić information content (AvgIpc) is 2.46. The minimum atomic E-state index is 0.515. The van der Waals surface area contributed by atoms with Gasteiger partial charge in [0.2, 0.25) is 0 Å². The lowest BCUT2D eigenvalue weighted by atomic mass is 9.87. The summed E-state index contributed by atoms with van der Waals surface area (Å²) in [5.74, 6) is 0.515. The fourth-order valence-corrected chi connectivity index (χ4v) is 2.38. The maximum absolute atomic E-state index is 3.23. The van der Waals surface area contributed by atoms with Gasteiger partial charge in [-0.1, -0.05) is 60.7 Å². The van der Waals surface area contributed by atoms with E-state index in [0.717, 1.165) is 6.54 Å². The van der Waals surface area contributed by atoms with Crippen LogP contribution in [0.5, 0.6) is 0 Å². The van der Waals surface area contributed by atoms with Gasteiger partial charge in [0.15, 0.2) is 0 Å². The summed E-state index contributed by atoms with van der Waals surface area (Å²) in [5.41, 5.74) is 2.83. The molecule has 0 amide bonds. The van der Waals surface area contributed by atoms with Crippen molar-refractivity contribution in [3.63, 3.8) is 0 Å². The van der Waals surface area contributed by atoms with E-state index >= 15 is 0 Å². The first-order valence-electron chi connectivity index (χ1n) is 6.66. The SMILES string of the molecule is CNCCCC(c1ccccc1)c1ccccc1. The first-order valence-corrected chi connectivity index (χ1v) is 6.66. The van der Waals surface area contributed by atoms with Gasteiger partial charge in [-0.05, 0) is 37.6 Å². The number of nitrogens with one attached hydrogen (secondary N) is 1. The summed E-state index contributed by atoms with van der Waals surface area (Å²) < 4.78 is 0. The molecule has 1 N–H and O–H groups in total. The lowest BCUT2D eigenvalue weighted by molar-refractivity contribution is 0.629. The van der Waals surface area contributed by atoms with Crippen molar-refractivity contribution < 1.29 is 0 Å². The Kier molecular flexibility index (Phi) is 4.98. The molecule has 0 atom stereocenters. The van der Waals surface area contributed by atoms with Crippen LogP contribution in [0.25, 0.3) is 0 Å². The molecule has 0 aliphatic rings. The van der Waals surface area contributed by atoms with Gasteiger partial charge in [-0.2, -0.15) is 0 Å². The zero-order valence-electron chi connectivity index (χ0n) is 11.0. The molecule has 0 fully saturated rings. The summed E-state index contributed by atoms with van der Waals surface area (Å²) in [6, 6.07) is 21.6. The normalized spacial score (nSPS) is 10.8. The predicted octanol–water partition coefficient (Wildman–Crippen LogP) is 3.82. The molecule has 94 valence electrons. The summed E-state index contributed by atoms with van der Waals surface area (Å²) in [7, 11) is 2.01. The highest BCUT2D eigenvalue weighted by Crippen LogP contribution is 2.28. The molecule has 2 aromatic rings. The van der Waals surface area contributed by atoms with Gasteiger partial charge < -0.3 is 5.32 Å². The molecule has 18 heavy (non-hydrogen) atoms. The molecule has 0 radical (unpaired) electrons. The van der Waals surface area contributed by atoms with Crippen molar-refractivity contribution in [2.45, 2.75) is 18.8 Å². The zero-order valence-corrected chi connectivity index (χ0v) is 11.0. The van der Waals surface area contributed by atoms with Gasteiger partial charge in [-0.3, -0.25) is 0 Å². The Bertz CT molecular complexity index is 396. The van der Waals surface area contributed by atoms with Gasteiger partial charge in [0.25, 0.3) is 0 Å². The largest absolute Gasteiger partial charge is 0.320 e. The van der Waals surface area contributed by atoms with Crippen molar-refractivity contribution in [3.8, 4) is 0 Å². The number of hydrogen-bond acceptors (Lipinski definition) is 1. The van der Waals surface area contributed by atoms with Crippen LogP contribution in [0, 0.1) is 0 Å². The van der Waals surface area contributed by atoms with E-state index in [2.05, 4.69) is 66.0 Å². The van der Waals surface area contributed by atoms with E-state index in [9.17, 15) is 0 Å². The van der Waals surface area contributed by atoms with Crippen LogP contribution in [-0.2, 0) is 0 Å². The van der Waals surface area contributed by atoms with Gasteiger partial charge in [0.05, 0.1) is 0 Å². The van der Waals surface area contributed by atoms with E-state index in [0.29, 0.717) is 5.92 Å². The summed E-state index contributed by atoms with van der Waals surface area (Å²) in [6.07, 6.45) is 2.39. The molecule has 0 heterocycles. The monoisotopic (exact) mass is 239 g/mol. The highest BCUT2D eigenvalue weighted by atomic mass is 14.8. The molecule has 0 saturated carbocycles. The van der Waals surface area contributed by atoms with Crippen LogP contribution in [0.3, 0.4) is 0 Å². The summed E-state index contributed by atoms with van der Waals surface area (Å²) >= 11 is 0. The van der Waals surface area contributed by atoms with E-state index in [1.165, 1.54) is 24.0 Å². The molecule has 2 rings (SSSR count). The van der Waals surface area contributed by atoms with Gasteiger partial charge >= 0.3 is 0 Å². The molecule has 0 unspecified atom stereocenters. The van der Waals surface area contributed by atoms with Gasteiger partial charge in [-0.15, -0.1) is 0 Å². The average molecular weight is 239 g/mol.